The molecule has 0 bridgehead atoms. The molecule has 0 atom stereocenters. The summed E-state index contributed by atoms with van der Waals surface area (Å²) in [5, 5.41) is 3.33. The predicted octanol–water partition coefficient (Wildman–Crippen LogP) is 2.43. The fourth-order valence-electron chi connectivity index (χ4n) is 1.83. The van der Waals surface area contributed by atoms with Gasteiger partial charge in [0.05, 0.1) is 11.3 Å². The Balaban J connectivity index is 2.01. The van der Waals surface area contributed by atoms with E-state index in [1.54, 1.807) is 36.4 Å². The molecule has 0 spiro atoms. The first kappa shape index (κ1) is 16.5. The van der Waals surface area contributed by atoms with Gasteiger partial charge in [-0.15, -0.1) is 0 Å². The smallest absolute Gasteiger partial charge is 0.240 e. The lowest BCUT2D eigenvalue weighted by molar-refractivity contribution is -0.115. The third kappa shape index (κ3) is 4.30. The van der Waals surface area contributed by atoms with Gasteiger partial charge >= 0.3 is 0 Å². The van der Waals surface area contributed by atoms with Crippen molar-refractivity contribution in [1.82, 2.24) is 4.72 Å². The highest BCUT2D eigenvalue weighted by Gasteiger charge is 2.11. The van der Waals surface area contributed by atoms with E-state index in [9.17, 15) is 13.2 Å². The van der Waals surface area contributed by atoms with E-state index in [1.807, 2.05) is 0 Å². The molecular weight excluding hydrogens is 324 g/mol. The van der Waals surface area contributed by atoms with Crippen LogP contribution in [0.5, 0.6) is 0 Å². The van der Waals surface area contributed by atoms with Gasteiger partial charge in [-0.3, -0.25) is 4.79 Å². The Labute approximate surface area is 134 Å². The number of hydrogen-bond acceptors (Lipinski definition) is 3. The lowest BCUT2D eigenvalue weighted by atomic mass is 10.1. The van der Waals surface area contributed by atoms with E-state index in [2.05, 4.69) is 10.0 Å². The Morgan fingerprint density at radius 2 is 1.64 bits per heavy atom. The Hall–Kier alpha value is -1.89. The van der Waals surface area contributed by atoms with Gasteiger partial charge in [-0.25, -0.2) is 13.1 Å². The maximum absolute atomic E-state index is 11.9. The summed E-state index contributed by atoms with van der Waals surface area (Å²) in [7, 11) is -2.13. The Morgan fingerprint density at radius 3 is 2.18 bits per heavy atom. The highest BCUT2D eigenvalue weighted by Crippen LogP contribution is 2.15. The van der Waals surface area contributed by atoms with Crippen LogP contribution in [0.3, 0.4) is 0 Å². The lowest BCUT2D eigenvalue weighted by Gasteiger charge is -2.07. The van der Waals surface area contributed by atoms with Gasteiger partial charge in [0, 0.05) is 10.7 Å². The molecule has 22 heavy (non-hydrogen) atoms. The van der Waals surface area contributed by atoms with Crippen LogP contribution in [0, 0.1) is 0 Å². The van der Waals surface area contributed by atoms with Gasteiger partial charge < -0.3 is 5.32 Å². The molecule has 0 aliphatic heterocycles. The molecular formula is C15H15ClN2O3S. The molecule has 0 aliphatic carbocycles. The molecule has 0 aliphatic rings. The van der Waals surface area contributed by atoms with Crippen LogP contribution < -0.4 is 10.0 Å². The molecule has 0 unspecified atom stereocenters. The van der Waals surface area contributed by atoms with Crippen LogP contribution in [-0.4, -0.2) is 21.4 Å². The largest absolute Gasteiger partial charge is 0.326 e. The van der Waals surface area contributed by atoms with Crippen LogP contribution in [0.2, 0.25) is 5.02 Å². The van der Waals surface area contributed by atoms with Crippen LogP contribution in [0.25, 0.3) is 0 Å². The van der Waals surface area contributed by atoms with Gasteiger partial charge in [0.15, 0.2) is 0 Å². The van der Waals surface area contributed by atoms with E-state index in [0.717, 1.165) is 5.56 Å². The van der Waals surface area contributed by atoms with E-state index >= 15 is 0 Å². The second kappa shape index (κ2) is 6.91. The molecule has 0 aromatic heterocycles. The molecule has 0 radical (unpaired) electrons. The summed E-state index contributed by atoms with van der Waals surface area (Å²) < 4.78 is 25.4. The van der Waals surface area contributed by atoms with Gasteiger partial charge in [0.2, 0.25) is 15.9 Å². The molecule has 7 heteroatoms. The van der Waals surface area contributed by atoms with Crippen molar-refractivity contribution in [2.45, 2.75) is 11.3 Å². The summed E-state index contributed by atoms with van der Waals surface area (Å²) in [6.45, 7) is 0. The van der Waals surface area contributed by atoms with Gasteiger partial charge in [0.25, 0.3) is 0 Å². The van der Waals surface area contributed by atoms with Gasteiger partial charge in [0.1, 0.15) is 0 Å². The maximum atomic E-state index is 11.9. The van der Waals surface area contributed by atoms with E-state index in [1.165, 1.54) is 19.2 Å². The maximum Gasteiger partial charge on any atom is 0.240 e. The van der Waals surface area contributed by atoms with Crippen molar-refractivity contribution >= 4 is 33.2 Å². The highest BCUT2D eigenvalue weighted by atomic mass is 35.5. The van der Waals surface area contributed by atoms with Gasteiger partial charge in [-0.2, -0.15) is 0 Å². The summed E-state index contributed by atoms with van der Waals surface area (Å²) in [4.78, 5) is 12.1. The van der Waals surface area contributed by atoms with Crippen molar-refractivity contribution < 1.29 is 13.2 Å². The third-order valence-corrected chi connectivity index (χ3v) is 4.68. The lowest BCUT2D eigenvalue weighted by Crippen LogP contribution is -2.18. The molecule has 2 rings (SSSR count). The van der Waals surface area contributed by atoms with Gasteiger partial charge in [-0.1, -0.05) is 23.7 Å². The van der Waals surface area contributed by atoms with Crippen LogP contribution in [0.1, 0.15) is 5.56 Å². The minimum Gasteiger partial charge on any atom is -0.326 e. The van der Waals surface area contributed by atoms with Crippen molar-refractivity contribution in [3.63, 3.8) is 0 Å². The minimum atomic E-state index is -3.47. The summed E-state index contributed by atoms with van der Waals surface area (Å²) >= 11 is 5.79. The quantitative estimate of drug-likeness (QED) is 0.879. The van der Waals surface area contributed by atoms with Crippen molar-refractivity contribution in [3.05, 3.63) is 59.1 Å². The zero-order valence-corrected chi connectivity index (χ0v) is 13.4. The molecule has 2 aromatic rings. The first-order chi connectivity index (χ1) is 10.4. The molecule has 0 fully saturated rings. The van der Waals surface area contributed by atoms with Crippen LogP contribution in [-0.2, 0) is 21.2 Å². The number of hydrogen-bond donors (Lipinski definition) is 2. The number of halogens is 1. The summed E-state index contributed by atoms with van der Waals surface area (Å²) in [6.07, 6.45) is 0.216. The normalized spacial score (nSPS) is 11.2. The standard InChI is InChI=1S/C15H15ClN2O3S/c1-17-22(20,21)14-8-6-13(7-9-14)18-15(19)10-11-2-4-12(16)5-3-11/h2-9,17H,10H2,1H3,(H,18,19). The number of amides is 1. The van der Waals surface area contributed by atoms with Crippen LogP contribution in [0.15, 0.2) is 53.4 Å². The summed E-state index contributed by atoms with van der Waals surface area (Å²) in [5.74, 6) is -0.188. The molecule has 0 saturated heterocycles. The van der Waals surface area contributed by atoms with E-state index in [4.69, 9.17) is 11.6 Å². The fourth-order valence-corrected chi connectivity index (χ4v) is 2.68. The summed E-state index contributed by atoms with van der Waals surface area (Å²) in [5.41, 5.74) is 1.38. The van der Waals surface area contributed by atoms with Gasteiger partial charge in [-0.05, 0) is 49.0 Å². The van der Waals surface area contributed by atoms with E-state index < -0.39 is 10.0 Å². The topological polar surface area (TPSA) is 75.3 Å². The van der Waals surface area contributed by atoms with E-state index in [0.29, 0.717) is 10.7 Å². The fraction of sp³-hybridized carbons (Fsp3) is 0.133. The zero-order valence-electron chi connectivity index (χ0n) is 11.8. The van der Waals surface area contributed by atoms with Crippen molar-refractivity contribution in [2.24, 2.45) is 0 Å². The van der Waals surface area contributed by atoms with E-state index in [-0.39, 0.29) is 17.2 Å². The second-order valence-corrected chi connectivity index (χ2v) is 6.91. The minimum absolute atomic E-state index is 0.144. The monoisotopic (exact) mass is 338 g/mol. The summed E-state index contributed by atoms with van der Waals surface area (Å²) in [6, 6.07) is 13.0. The number of carbonyl (C=O) groups is 1. The first-order valence-electron chi connectivity index (χ1n) is 6.48. The number of benzene rings is 2. The number of anilines is 1. The highest BCUT2D eigenvalue weighted by molar-refractivity contribution is 7.89. The number of sulfonamides is 1. The Morgan fingerprint density at radius 1 is 1.05 bits per heavy atom. The van der Waals surface area contributed by atoms with Crippen LogP contribution >= 0.6 is 11.6 Å². The average molecular weight is 339 g/mol. The van der Waals surface area contributed by atoms with Crippen molar-refractivity contribution in [2.75, 3.05) is 12.4 Å². The number of rotatable bonds is 5. The average Bonchev–Trinajstić information content (AvgIpc) is 2.50. The SMILES string of the molecule is CNS(=O)(=O)c1ccc(NC(=O)Cc2ccc(Cl)cc2)cc1. The number of carbonyl (C=O) groups excluding carboxylic acids is 1. The Bertz CT molecular complexity index is 756. The molecule has 116 valence electrons. The third-order valence-electron chi connectivity index (χ3n) is 3.00. The molecule has 2 N–H and O–H groups in total. The second-order valence-electron chi connectivity index (χ2n) is 4.58. The molecule has 0 heterocycles. The zero-order chi connectivity index (χ0) is 16.2. The van der Waals surface area contributed by atoms with Crippen LogP contribution in [0.4, 0.5) is 5.69 Å². The number of nitrogens with one attached hydrogen (secondary N) is 2. The molecule has 5 nitrogen and oxygen atoms in total. The first-order valence-corrected chi connectivity index (χ1v) is 8.35. The predicted molar refractivity (Wildman–Crippen MR) is 86.5 cm³/mol. The Kier molecular flexibility index (Phi) is 5.18. The van der Waals surface area contributed by atoms with Crippen molar-refractivity contribution in [1.29, 1.82) is 0 Å². The molecule has 2 aromatic carbocycles. The van der Waals surface area contributed by atoms with Crippen molar-refractivity contribution in [3.8, 4) is 0 Å². The molecule has 1 amide bonds. The molecule has 0 saturated carbocycles.